The lowest BCUT2D eigenvalue weighted by atomic mass is 9.90. The van der Waals surface area contributed by atoms with E-state index in [-0.39, 0.29) is 12.0 Å². The van der Waals surface area contributed by atoms with Gasteiger partial charge in [0.2, 0.25) is 5.91 Å². The third-order valence-corrected chi connectivity index (χ3v) is 6.30. The first-order valence-electron chi connectivity index (χ1n) is 10.1. The number of piperidine rings is 1. The maximum absolute atomic E-state index is 11.9. The molecular formula is C19H33N3O4. The third kappa shape index (κ3) is 4.14. The Hall–Kier alpha value is -1.34. The van der Waals surface area contributed by atoms with Gasteiger partial charge in [0.15, 0.2) is 0 Å². The number of fused-ring (bicyclic) bond motifs is 1. The summed E-state index contributed by atoms with van der Waals surface area (Å²) in [5, 5.41) is 11.1. The van der Waals surface area contributed by atoms with Crippen LogP contribution in [0.25, 0.3) is 0 Å². The Morgan fingerprint density at radius 2 is 1.81 bits per heavy atom. The minimum Gasteiger partial charge on any atom is -0.450 e. The second kappa shape index (κ2) is 8.13. The quantitative estimate of drug-likeness (QED) is 0.817. The SMILES string of the molecule is CCOC(=O)N1CCC(O)(CN2CCCC[C@@H]3[C@H]2CCN3C(C)=O)CC1. The van der Waals surface area contributed by atoms with Crippen LogP contribution in [0.5, 0.6) is 0 Å². The molecule has 0 unspecified atom stereocenters. The average molecular weight is 367 g/mol. The number of β-amino-alcohol motifs (C(OH)–C–C–N with tert-alkyl or cyclic N) is 1. The number of aliphatic hydroxyl groups is 1. The van der Waals surface area contributed by atoms with Crippen LogP contribution in [-0.2, 0) is 9.53 Å². The zero-order valence-electron chi connectivity index (χ0n) is 16.2. The Labute approximate surface area is 156 Å². The lowest BCUT2D eigenvalue weighted by molar-refractivity contribution is -0.130. The lowest BCUT2D eigenvalue weighted by Crippen LogP contribution is -2.55. The van der Waals surface area contributed by atoms with E-state index in [1.807, 2.05) is 4.90 Å². The highest BCUT2D eigenvalue weighted by Crippen LogP contribution is 2.33. The van der Waals surface area contributed by atoms with E-state index in [1.165, 1.54) is 0 Å². The van der Waals surface area contributed by atoms with E-state index in [2.05, 4.69) is 4.90 Å². The molecule has 3 fully saturated rings. The highest BCUT2D eigenvalue weighted by Gasteiger charge is 2.43. The molecule has 0 spiro atoms. The van der Waals surface area contributed by atoms with Crippen molar-refractivity contribution in [3.05, 3.63) is 0 Å². The first-order chi connectivity index (χ1) is 12.4. The number of nitrogens with zero attached hydrogens (tertiary/aromatic N) is 3. The van der Waals surface area contributed by atoms with Crippen LogP contribution in [0.2, 0.25) is 0 Å². The second-order valence-electron chi connectivity index (χ2n) is 8.01. The molecule has 2 amide bonds. The van der Waals surface area contributed by atoms with Gasteiger partial charge in [-0.25, -0.2) is 4.79 Å². The molecule has 3 heterocycles. The molecule has 2 atom stereocenters. The van der Waals surface area contributed by atoms with Crippen molar-refractivity contribution in [1.82, 2.24) is 14.7 Å². The summed E-state index contributed by atoms with van der Waals surface area (Å²) in [6.07, 6.45) is 5.19. The van der Waals surface area contributed by atoms with Crippen molar-refractivity contribution < 1.29 is 19.4 Å². The van der Waals surface area contributed by atoms with Crippen molar-refractivity contribution in [1.29, 1.82) is 0 Å². The monoisotopic (exact) mass is 367 g/mol. The van der Waals surface area contributed by atoms with Crippen molar-refractivity contribution in [2.24, 2.45) is 0 Å². The number of carbonyl (C=O) groups excluding carboxylic acids is 2. The van der Waals surface area contributed by atoms with Crippen LogP contribution >= 0.6 is 0 Å². The Kier molecular flexibility index (Phi) is 6.07. The molecule has 0 aromatic rings. The van der Waals surface area contributed by atoms with Crippen molar-refractivity contribution >= 4 is 12.0 Å². The number of likely N-dealkylation sites (tertiary alicyclic amines) is 3. The van der Waals surface area contributed by atoms with Gasteiger partial charge >= 0.3 is 6.09 Å². The fourth-order valence-electron chi connectivity index (χ4n) is 4.89. The van der Waals surface area contributed by atoms with Crippen LogP contribution in [0.15, 0.2) is 0 Å². The maximum Gasteiger partial charge on any atom is 0.409 e. The van der Waals surface area contributed by atoms with Gasteiger partial charge in [-0.2, -0.15) is 0 Å². The van der Waals surface area contributed by atoms with Gasteiger partial charge in [-0.1, -0.05) is 6.42 Å². The fraction of sp³-hybridized carbons (Fsp3) is 0.895. The Bertz CT molecular complexity index is 519. The molecule has 3 saturated heterocycles. The van der Waals surface area contributed by atoms with Crippen molar-refractivity contribution in [2.75, 3.05) is 39.3 Å². The van der Waals surface area contributed by atoms with Gasteiger partial charge < -0.3 is 19.6 Å². The van der Waals surface area contributed by atoms with E-state index < -0.39 is 5.60 Å². The summed E-state index contributed by atoms with van der Waals surface area (Å²) in [5.74, 6) is 0.167. The van der Waals surface area contributed by atoms with E-state index in [0.717, 1.165) is 38.8 Å². The molecule has 3 aliphatic rings. The number of hydrogen-bond donors (Lipinski definition) is 1. The first kappa shape index (κ1) is 19.4. The van der Waals surface area contributed by atoms with Crippen LogP contribution in [-0.4, -0.2) is 88.8 Å². The van der Waals surface area contributed by atoms with Crippen LogP contribution in [0.3, 0.4) is 0 Å². The lowest BCUT2D eigenvalue weighted by Gasteiger charge is -2.42. The Morgan fingerprint density at radius 3 is 2.46 bits per heavy atom. The fourth-order valence-corrected chi connectivity index (χ4v) is 4.89. The average Bonchev–Trinajstić information content (AvgIpc) is 2.93. The van der Waals surface area contributed by atoms with Gasteiger partial charge in [-0.3, -0.25) is 9.69 Å². The minimum absolute atomic E-state index is 0.167. The van der Waals surface area contributed by atoms with Crippen molar-refractivity contribution in [3.63, 3.8) is 0 Å². The van der Waals surface area contributed by atoms with E-state index in [9.17, 15) is 14.7 Å². The Balaban J connectivity index is 1.61. The van der Waals surface area contributed by atoms with Crippen LogP contribution < -0.4 is 0 Å². The normalized spacial score (nSPS) is 29.2. The van der Waals surface area contributed by atoms with E-state index in [4.69, 9.17) is 4.74 Å². The third-order valence-electron chi connectivity index (χ3n) is 6.30. The molecule has 0 bridgehead atoms. The first-order valence-corrected chi connectivity index (χ1v) is 10.1. The minimum atomic E-state index is -0.762. The molecule has 3 aliphatic heterocycles. The number of rotatable bonds is 3. The molecule has 0 aromatic heterocycles. The molecular weight excluding hydrogens is 334 g/mol. The van der Waals surface area contributed by atoms with Gasteiger partial charge in [0, 0.05) is 45.2 Å². The van der Waals surface area contributed by atoms with Crippen LogP contribution in [0, 0.1) is 0 Å². The molecule has 0 saturated carbocycles. The molecule has 0 aliphatic carbocycles. The molecule has 7 nitrogen and oxygen atoms in total. The van der Waals surface area contributed by atoms with Crippen molar-refractivity contribution in [3.8, 4) is 0 Å². The summed E-state index contributed by atoms with van der Waals surface area (Å²) < 4.78 is 5.06. The van der Waals surface area contributed by atoms with E-state index >= 15 is 0 Å². The molecule has 0 radical (unpaired) electrons. The molecule has 3 rings (SSSR count). The molecule has 7 heteroatoms. The van der Waals surface area contributed by atoms with Gasteiger partial charge in [0.05, 0.1) is 12.2 Å². The summed E-state index contributed by atoms with van der Waals surface area (Å²) in [6.45, 7) is 7.37. The zero-order chi connectivity index (χ0) is 18.7. The number of hydrogen-bond acceptors (Lipinski definition) is 5. The second-order valence-corrected chi connectivity index (χ2v) is 8.01. The zero-order valence-corrected chi connectivity index (χ0v) is 16.2. The van der Waals surface area contributed by atoms with Crippen LogP contribution in [0.1, 0.15) is 52.4 Å². The van der Waals surface area contributed by atoms with Gasteiger partial charge in [0.25, 0.3) is 0 Å². The van der Waals surface area contributed by atoms with Gasteiger partial charge in [-0.05, 0) is 45.6 Å². The highest BCUT2D eigenvalue weighted by atomic mass is 16.6. The smallest absolute Gasteiger partial charge is 0.409 e. The van der Waals surface area contributed by atoms with Gasteiger partial charge in [0.1, 0.15) is 0 Å². The van der Waals surface area contributed by atoms with Crippen molar-refractivity contribution in [2.45, 2.75) is 70.1 Å². The van der Waals surface area contributed by atoms with E-state index in [0.29, 0.717) is 51.2 Å². The number of amides is 2. The molecule has 1 N–H and O–H groups in total. The summed E-state index contributed by atoms with van der Waals surface area (Å²) in [7, 11) is 0. The molecule has 148 valence electrons. The maximum atomic E-state index is 11.9. The number of ether oxygens (including phenoxy) is 1. The summed E-state index contributed by atoms with van der Waals surface area (Å²) in [5.41, 5.74) is -0.762. The van der Waals surface area contributed by atoms with Gasteiger partial charge in [-0.15, -0.1) is 0 Å². The van der Waals surface area contributed by atoms with Crippen LogP contribution in [0.4, 0.5) is 4.79 Å². The summed E-state index contributed by atoms with van der Waals surface area (Å²) >= 11 is 0. The predicted octanol–water partition coefficient (Wildman–Crippen LogP) is 1.45. The topological polar surface area (TPSA) is 73.3 Å². The predicted molar refractivity (Wildman–Crippen MR) is 97.8 cm³/mol. The standard InChI is InChI=1S/C19H33N3O4/c1-3-26-18(24)20-12-8-19(25,9-13-20)14-21-10-5-4-6-17-16(21)7-11-22(17)15(2)23/h16-17,25H,3-14H2,1-2H3/t16-,17-/m1/s1. The highest BCUT2D eigenvalue weighted by molar-refractivity contribution is 5.74. The molecule has 0 aromatic carbocycles. The summed E-state index contributed by atoms with van der Waals surface area (Å²) in [4.78, 5) is 29.9. The summed E-state index contributed by atoms with van der Waals surface area (Å²) in [6, 6.07) is 0.645. The van der Waals surface area contributed by atoms with E-state index in [1.54, 1.807) is 18.7 Å². The molecule has 26 heavy (non-hydrogen) atoms. The Morgan fingerprint density at radius 1 is 1.08 bits per heavy atom. The largest absolute Gasteiger partial charge is 0.450 e. The number of carbonyl (C=O) groups is 2.